The summed E-state index contributed by atoms with van der Waals surface area (Å²) < 4.78 is 12.4. The minimum absolute atomic E-state index is 0.0702. The predicted octanol–water partition coefficient (Wildman–Crippen LogP) is 6.59. The van der Waals surface area contributed by atoms with Crippen LogP contribution in [0.25, 0.3) is 21.3 Å². The van der Waals surface area contributed by atoms with Gasteiger partial charge in [0, 0.05) is 19.2 Å². The summed E-state index contributed by atoms with van der Waals surface area (Å²) in [6.45, 7) is 1.34. The van der Waals surface area contributed by atoms with Gasteiger partial charge in [-0.25, -0.2) is 9.78 Å². The lowest BCUT2D eigenvalue weighted by Gasteiger charge is -2.10. The molecule has 0 aliphatic heterocycles. The Bertz CT molecular complexity index is 1470. The van der Waals surface area contributed by atoms with E-state index in [1.54, 1.807) is 31.2 Å². The Kier molecular flexibility index (Phi) is 7.97. The van der Waals surface area contributed by atoms with E-state index in [1.165, 1.54) is 11.3 Å². The monoisotopic (exact) mass is 633 g/mol. The molecule has 4 rings (SSSR count). The molecule has 0 aliphatic carbocycles. The van der Waals surface area contributed by atoms with Crippen LogP contribution in [-0.2, 0) is 9.53 Å². The molecule has 0 bridgehead atoms. The lowest BCUT2D eigenvalue weighted by Crippen LogP contribution is -2.21. The maximum atomic E-state index is 12.8. The minimum Gasteiger partial charge on any atom is -0.476 e. The number of hydrogen-bond acceptors (Lipinski definition) is 8. The summed E-state index contributed by atoms with van der Waals surface area (Å²) in [5.74, 6) is -1.24. The summed E-state index contributed by atoms with van der Waals surface area (Å²) in [7, 11) is 0. The van der Waals surface area contributed by atoms with Crippen molar-refractivity contribution in [3.05, 3.63) is 78.7 Å². The van der Waals surface area contributed by atoms with Crippen LogP contribution in [0.5, 0.6) is 5.75 Å². The number of amides is 1. The third kappa shape index (κ3) is 5.72. The van der Waals surface area contributed by atoms with Crippen LogP contribution in [0.15, 0.2) is 63.7 Å². The number of halogens is 2. The average Bonchev–Trinajstić information content (AvgIpc) is 3.26. The van der Waals surface area contributed by atoms with E-state index in [-0.39, 0.29) is 28.6 Å². The Morgan fingerprint density at radius 1 is 1.11 bits per heavy atom. The molecule has 0 atom stereocenters. The molecule has 184 valence electrons. The number of nitrogens with one attached hydrogen (secondary N) is 1. The minimum atomic E-state index is -0.621. The SMILES string of the molecule is CCOC(=O)c1sc(-c2ccc(Br)cc2)cc1NC(=O)COc1c([N+](=O)[O-])cnc2cc(Br)ccc12. The quantitative estimate of drug-likeness (QED) is 0.132. The third-order valence-electron chi connectivity index (χ3n) is 4.90. The Morgan fingerprint density at radius 2 is 1.83 bits per heavy atom. The number of anilines is 1. The number of aromatic nitrogens is 1. The first kappa shape index (κ1) is 25.7. The molecular weight excluding hydrogens is 618 g/mol. The van der Waals surface area contributed by atoms with Crippen molar-refractivity contribution in [2.75, 3.05) is 18.5 Å². The second kappa shape index (κ2) is 11.1. The number of esters is 1. The van der Waals surface area contributed by atoms with Crippen LogP contribution in [0.3, 0.4) is 0 Å². The van der Waals surface area contributed by atoms with Gasteiger partial charge in [0.1, 0.15) is 11.1 Å². The van der Waals surface area contributed by atoms with Gasteiger partial charge in [-0.2, -0.15) is 0 Å². The Labute approximate surface area is 225 Å². The standard InChI is InChI=1S/C24H17Br2N3O6S/c1-2-34-24(31)23-18(10-20(36-23)13-3-5-14(25)6-4-13)28-21(30)12-35-22-16-8-7-15(26)9-17(16)27-11-19(22)29(32)33/h3-11H,2,12H2,1H3,(H,28,30). The average molecular weight is 635 g/mol. The van der Waals surface area contributed by atoms with Gasteiger partial charge in [0.25, 0.3) is 5.91 Å². The van der Waals surface area contributed by atoms with E-state index < -0.39 is 23.4 Å². The summed E-state index contributed by atoms with van der Waals surface area (Å²) in [5.41, 5.74) is 1.23. The Balaban J connectivity index is 1.59. The topological polar surface area (TPSA) is 121 Å². The number of pyridine rings is 1. The fraction of sp³-hybridized carbons (Fsp3) is 0.125. The molecule has 0 unspecified atom stereocenters. The highest BCUT2D eigenvalue weighted by molar-refractivity contribution is 9.10. The largest absolute Gasteiger partial charge is 0.476 e. The lowest BCUT2D eigenvalue weighted by molar-refractivity contribution is -0.386. The van der Waals surface area contributed by atoms with Gasteiger partial charge in [0.2, 0.25) is 5.75 Å². The van der Waals surface area contributed by atoms with Gasteiger partial charge in [-0.15, -0.1) is 11.3 Å². The smallest absolute Gasteiger partial charge is 0.350 e. The van der Waals surface area contributed by atoms with Gasteiger partial charge in [0.15, 0.2) is 6.61 Å². The molecule has 0 fully saturated rings. The molecule has 0 spiro atoms. The van der Waals surface area contributed by atoms with Crippen molar-refractivity contribution in [2.24, 2.45) is 0 Å². The molecule has 9 nitrogen and oxygen atoms in total. The molecule has 1 N–H and O–H groups in total. The fourth-order valence-electron chi connectivity index (χ4n) is 3.33. The number of nitro groups is 1. The van der Waals surface area contributed by atoms with Gasteiger partial charge >= 0.3 is 11.7 Å². The Hall–Kier alpha value is -3.35. The predicted molar refractivity (Wildman–Crippen MR) is 144 cm³/mol. The van der Waals surface area contributed by atoms with Crippen LogP contribution in [0.1, 0.15) is 16.6 Å². The number of nitrogens with zero attached hydrogens (tertiary/aromatic N) is 2. The van der Waals surface area contributed by atoms with E-state index in [4.69, 9.17) is 9.47 Å². The molecule has 0 saturated heterocycles. The lowest BCUT2D eigenvalue weighted by atomic mass is 10.2. The van der Waals surface area contributed by atoms with Crippen molar-refractivity contribution in [1.29, 1.82) is 0 Å². The molecule has 36 heavy (non-hydrogen) atoms. The molecule has 2 heterocycles. The van der Waals surface area contributed by atoms with E-state index in [9.17, 15) is 19.7 Å². The highest BCUT2D eigenvalue weighted by Gasteiger charge is 2.23. The van der Waals surface area contributed by atoms with Crippen molar-refractivity contribution in [1.82, 2.24) is 4.98 Å². The number of thiophene rings is 1. The summed E-state index contributed by atoms with van der Waals surface area (Å²) in [6, 6.07) is 14.2. The highest BCUT2D eigenvalue weighted by Crippen LogP contribution is 2.37. The zero-order chi connectivity index (χ0) is 25.8. The molecular formula is C24H17Br2N3O6S. The number of carbonyl (C=O) groups excluding carboxylic acids is 2. The summed E-state index contributed by atoms with van der Waals surface area (Å²) in [5, 5.41) is 14.6. The van der Waals surface area contributed by atoms with Gasteiger partial charge in [-0.05, 0) is 48.9 Å². The van der Waals surface area contributed by atoms with Gasteiger partial charge in [0.05, 0.1) is 22.7 Å². The van der Waals surface area contributed by atoms with E-state index in [1.807, 2.05) is 24.3 Å². The van der Waals surface area contributed by atoms with Crippen LogP contribution in [0.2, 0.25) is 0 Å². The van der Waals surface area contributed by atoms with Crippen LogP contribution >= 0.6 is 43.2 Å². The van der Waals surface area contributed by atoms with Crippen molar-refractivity contribution >= 4 is 77.4 Å². The first-order chi connectivity index (χ1) is 17.3. The number of fused-ring (bicyclic) bond motifs is 1. The summed E-state index contributed by atoms with van der Waals surface area (Å²) in [6.07, 6.45) is 1.09. The maximum Gasteiger partial charge on any atom is 0.350 e. The van der Waals surface area contributed by atoms with Crippen molar-refractivity contribution < 1.29 is 24.0 Å². The van der Waals surface area contributed by atoms with Gasteiger partial charge in [-0.3, -0.25) is 14.9 Å². The maximum absolute atomic E-state index is 12.8. The number of benzene rings is 2. The van der Waals surface area contributed by atoms with E-state index in [0.717, 1.165) is 25.6 Å². The zero-order valence-corrected chi connectivity index (χ0v) is 22.6. The van der Waals surface area contributed by atoms with Crippen LogP contribution < -0.4 is 10.1 Å². The van der Waals surface area contributed by atoms with E-state index in [2.05, 4.69) is 42.2 Å². The van der Waals surface area contributed by atoms with Crippen LogP contribution in [-0.4, -0.2) is 35.0 Å². The van der Waals surface area contributed by atoms with E-state index in [0.29, 0.717) is 10.9 Å². The fourth-order valence-corrected chi connectivity index (χ4v) is 4.95. The second-order valence-electron chi connectivity index (χ2n) is 7.31. The number of ether oxygens (including phenoxy) is 2. The van der Waals surface area contributed by atoms with Crippen molar-refractivity contribution in [2.45, 2.75) is 6.92 Å². The zero-order valence-electron chi connectivity index (χ0n) is 18.6. The third-order valence-corrected chi connectivity index (χ3v) is 7.09. The second-order valence-corrected chi connectivity index (χ2v) is 10.2. The highest BCUT2D eigenvalue weighted by atomic mass is 79.9. The molecule has 2 aromatic carbocycles. The van der Waals surface area contributed by atoms with E-state index >= 15 is 0 Å². The molecule has 0 aliphatic rings. The van der Waals surface area contributed by atoms with Crippen LogP contribution in [0, 0.1) is 10.1 Å². The van der Waals surface area contributed by atoms with Gasteiger partial charge in [-0.1, -0.05) is 44.0 Å². The summed E-state index contributed by atoms with van der Waals surface area (Å²) in [4.78, 5) is 41.3. The normalized spacial score (nSPS) is 10.8. The Morgan fingerprint density at radius 3 is 2.53 bits per heavy atom. The molecule has 0 radical (unpaired) electrons. The van der Waals surface area contributed by atoms with Crippen molar-refractivity contribution in [3.8, 4) is 16.2 Å². The molecule has 2 aromatic heterocycles. The number of carbonyl (C=O) groups is 2. The number of hydrogen-bond donors (Lipinski definition) is 1. The molecule has 4 aromatic rings. The van der Waals surface area contributed by atoms with Crippen molar-refractivity contribution in [3.63, 3.8) is 0 Å². The van der Waals surface area contributed by atoms with Gasteiger partial charge < -0.3 is 14.8 Å². The first-order valence-electron chi connectivity index (χ1n) is 10.5. The summed E-state index contributed by atoms with van der Waals surface area (Å²) >= 11 is 7.92. The number of rotatable bonds is 8. The molecule has 1 amide bonds. The molecule has 0 saturated carbocycles. The van der Waals surface area contributed by atoms with Crippen LogP contribution in [0.4, 0.5) is 11.4 Å². The molecule has 12 heteroatoms. The first-order valence-corrected chi connectivity index (χ1v) is 12.9.